The molecule has 1 atom stereocenters. The predicted octanol–water partition coefficient (Wildman–Crippen LogP) is 2.36. The van der Waals surface area contributed by atoms with Gasteiger partial charge >= 0.3 is 0 Å². The van der Waals surface area contributed by atoms with E-state index in [4.69, 9.17) is 4.74 Å². The Balaban J connectivity index is 1.74. The van der Waals surface area contributed by atoms with Gasteiger partial charge in [0.1, 0.15) is 5.75 Å². The summed E-state index contributed by atoms with van der Waals surface area (Å²) in [5.74, 6) is 0.787. The van der Waals surface area contributed by atoms with Gasteiger partial charge in [0.25, 0.3) is 0 Å². The van der Waals surface area contributed by atoms with Crippen LogP contribution in [0, 0.1) is 6.92 Å². The minimum atomic E-state index is -0.0558. The molecule has 0 spiro atoms. The van der Waals surface area contributed by atoms with E-state index < -0.39 is 0 Å². The average Bonchev–Trinajstić information content (AvgIpc) is 2.95. The number of aromatic amines is 1. The Morgan fingerprint density at radius 1 is 1.45 bits per heavy atom. The van der Waals surface area contributed by atoms with Gasteiger partial charge in [-0.2, -0.15) is 5.10 Å². The third-order valence-electron chi connectivity index (χ3n) is 3.08. The van der Waals surface area contributed by atoms with E-state index in [1.54, 1.807) is 12.4 Å². The molecular formula is C15H19N3O2. The molecule has 5 heteroatoms. The Labute approximate surface area is 118 Å². The van der Waals surface area contributed by atoms with Gasteiger partial charge in [0.15, 0.2) is 0 Å². The molecule has 20 heavy (non-hydrogen) atoms. The van der Waals surface area contributed by atoms with Crippen LogP contribution in [0.4, 0.5) is 0 Å². The Bertz CT molecular complexity index is 552. The highest BCUT2D eigenvalue weighted by molar-refractivity contribution is 5.76. The Morgan fingerprint density at radius 3 is 2.95 bits per heavy atom. The first-order chi connectivity index (χ1) is 9.66. The summed E-state index contributed by atoms with van der Waals surface area (Å²) in [6.45, 7) is 4.27. The highest BCUT2D eigenvalue weighted by Gasteiger charge is 2.10. The summed E-state index contributed by atoms with van der Waals surface area (Å²) in [5.41, 5.74) is 2.03. The first-order valence-corrected chi connectivity index (χ1v) is 6.63. The second-order valence-electron chi connectivity index (χ2n) is 4.68. The Morgan fingerprint density at radius 2 is 2.25 bits per heavy atom. The zero-order chi connectivity index (χ0) is 14.4. The lowest BCUT2D eigenvalue weighted by Gasteiger charge is -2.13. The molecule has 2 N–H and O–H groups in total. The molecule has 1 amide bonds. The molecular weight excluding hydrogens is 254 g/mol. The standard InChI is InChI=1S/C15H19N3O2/c1-11-5-3-4-6-14(11)20-8-7-15(19)18-12(2)13-9-16-17-10-13/h3-6,9-10,12H,7-8H2,1-2H3,(H,16,17)(H,18,19). The van der Waals surface area contributed by atoms with E-state index in [2.05, 4.69) is 15.5 Å². The molecule has 106 valence electrons. The number of rotatable bonds is 6. The fourth-order valence-corrected chi connectivity index (χ4v) is 1.87. The monoisotopic (exact) mass is 273 g/mol. The van der Waals surface area contributed by atoms with Crippen molar-refractivity contribution in [2.75, 3.05) is 6.61 Å². The lowest BCUT2D eigenvalue weighted by Crippen LogP contribution is -2.27. The molecule has 0 bridgehead atoms. The van der Waals surface area contributed by atoms with Crippen molar-refractivity contribution >= 4 is 5.91 Å². The molecule has 1 aromatic heterocycles. The number of benzene rings is 1. The maximum Gasteiger partial charge on any atom is 0.223 e. The van der Waals surface area contributed by atoms with Crippen molar-refractivity contribution < 1.29 is 9.53 Å². The SMILES string of the molecule is Cc1ccccc1OCCC(=O)NC(C)c1cn[nH]c1. The fourth-order valence-electron chi connectivity index (χ4n) is 1.87. The summed E-state index contributed by atoms with van der Waals surface area (Å²) in [6.07, 6.45) is 3.81. The number of nitrogens with zero attached hydrogens (tertiary/aromatic N) is 1. The van der Waals surface area contributed by atoms with Crippen molar-refractivity contribution in [2.24, 2.45) is 0 Å². The number of carbonyl (C=O) groups excluding carboxylic acids is 1. The highest BCUT2D eigenvalue weighted by atomic mass is 16.5. The van der Waals surface area contributed by atoms with Gasteiger partial charge in [-0.3, -0.25) is 9.89 Å². The number of carbonyl (C=O) groups is 1. The molecule has 2 aromatic rings. The molecule has 0 saturated carbocycles. The molecule has 0 aliphatic carbocycles. The minimum absolute atomic E-state index is 0.0349. The van der Waals surface area contributed by atoms with Crippen LogP contribution in [0.2, 0.25) is 0 Å². The summed E-state index contributed by atoms with van der Waals surface area (Å²) in [6, 6.07) is 7.71. The smallest absolute Gasteiger partial charge is 0.223 e. The Kier molecular flexibility index (Phi) is 4.76. The summed E-state index contributed by atoms with van der Waals surface area (Å²) in [7, 11) is 0. The number of hydrogen-bond acceptors (Lipinski definition) is 3. The molecule has 1 aromatic carbocycles. The van der Waals surface area contributed by atoms with Crippen molar-refractivity contribution in [3.63, 3.8) is 0 Å². The molecule has 0 saturated heterocycles. The van der Waals surface area contributed by atoms with Crippen LogP contribution in [0.15, 0.2) is 36.7 Å². The van der Waals surface area contributed by atoms with Crippen molar-refractivity contribution in [3.8, 4) is 5.75 Å². The van der Waals surface area contributed by atoms with E-state index >= 15 is 0 Å². The van der Waals surface area contributed by atoms with Gasteiger partial charge in [-0.05, 0) is 25.5 Å². The van der Waals surface area contributed by atoms with Gasteiger partial charge in [-0.25, -0.2) is 0 Å². The first kappa shape index (κ1) is 14.1. The topological polar surface area (TPSA) is 67.0 Å². The molecule has 0 radical (unpaired) electrons. The van der Waals surface area contributed by atoms with Crippen molar-refractivity contribution in [2.45, 2.75) is 26.3 Å². The fraction of sp³-hybridized carbons (Fsp3) is 0.333. The van der Waals surface area contributed by atoms with Crippen LogP contribution < -0.4 is 10.1 Å². The van der Waals surface area contributed by atoms with Crippen molar-refractivity contribution in [1.29, 1.82) is 0 Å². The van der Waals surface area contributed by atoms with E-state index in [1.807, 2.05) is 38.1 Å². The first-order valence-electron chi connectivity index (χ1n) is 6.63. The molecule has 2 rings (SSSR count). The largest absolute Gasteiger partial charge is 0.493 e. The van der Waals surface area contributed by atoms with E-state index in [9.17, 15) is 4.79 Å². The molecule has 0 fully saturated rings. The molecule has 0 aliphatic heterocycles. The predicted molar refractivity (Wildman–Crippen MR) is 76.4 cm³/mol. The van der Waals surface area contributed by atoms with Crippen LogP contribution in [0.3, 0.4) is 0 Å². The summed E-state index contributed by atoms with van der Waals surface area (Å²) in [4.78, 5) is 11.8. The van der Waals surface area contributed by atoms with Gasteiger partial charge in [0, 0.05) is 11.8 Å². The molecule has 0 aliphatic rings. The summed E-state index contributed by atoms with van der Waals surface area (Å²) >= 11 is 0. The normalized spacial score (nSPS) is 11.9. The second-order valence-corrected chi connectivity index (χ2v) is 4.68. The van der Waals surface area contributed by atoms with Crippen LogP contribution in [-0.4, -0.2) is 22.7 Å². The zero-order valence-electron chi connectivity index (χ0n) is 11.7. The molecule has 1 unspecified atom stereocenters. The summed E-state index contributed by atoms with van der Waals surface area (Å²) < 4.78 is 5.60. The van der Waals surface area contributed by atoms with E-state index in [-0.39, 0.29) is 11.9 Å². The van der Waals surface area contributed by atoms with Crippen LogP contribution in [0.25, 0.3) is 0 Å². The van der Waals surface area contributed by atoms with Crippen molar-refractivity contribution in [3.05, 3.63) is 47.8 Å². The number of aromatic nitrogens is 2. The number of H-pyrrole nitrogens is 1. The van der Waals surface area contributed by atoms with Crippen LogP contribution in [0.5, 0.6) is 5.75 Å². The molecule has 1 heterocycles. The van der Waals surface area contributed by atoms with E-state index in [0.717, 1.165) is 16.9 Å². The third kappa shape index (κ3) is 3.85. The number of hydrogen-bond donors (Lipinski definition) is 2. The molecule has 5 nitrogen and oxygen atoms in total. The lowest BCUT2D eigenvalue weighted by atomic mass is 10.2. The second kappa shape index (κ2) is 6.75. The number of nitrogens with one attached hydrogen (secondary N) is 2. The van der Waals surface area contributed by atoms with Crippen molar-refractivity contribution in [1.82, 2.24) is 15.5 Å². The van der Waals surface area contributed by atoms with E-state index in [0.29, 0.717) is 13.0 Å². The maximum atomic E-state index is 11.8. The lowest BCUT2D eigenvalue weighted by molar-refractivity contribution is -0.122. The third-order valence-corrected chi connectivity index (χ3v) is 3.08. The summed E-state index contributed by atoms with van der Waals surface area (Å²) in [5, 5.41) is 9.49. The highest BCUT2D eigenvalue weighted by Crippen LogP contribution is 2.16. The average molecular weight is 273 g/mol. The maximum absolute atomic E-state index is 11.8. The van der Waals surface area contributed by atoms with Gasteiger partial charge in [0.05, 0.1) is 25.3 Å². The van der Waals surface area contributed by atoms with Gasteiger partial charge in [-0.15, -0.1) is 0 Å². The number of para-hydroxylation sites is 1. The van der Waals surface area contributed by atoms with Crippen LogP contribution in [0.1, 0.15) is 30.5 Å². The zero-order valence-corrected chi connectivity index (χ0v) is 11.7. The number of aryl methyl sites for hydroxylation is 1. The number of amides is 1. The minimum Gasteiger partial charge on any atom is -0.493 e. The van der Waals surface area contributed by atoms with Crippen LogP contribution in [-0.2, 0) is 4.79 Å². The van der Waals surface area contributed by atoms with E-state index in [1.165, 1.54) is 0 Å². The quantitative estimate of drug-likeness (QED) is 0.849. The Hall–Kier alpha value is -2.30. The van der Waals surface area contributed by atoms with Crippen LogP contribution >= 0.6 is 0 Å². The number of ether oxygens (including phenoxy) is 1. The van der Waals surface area contributed by atoms with Gasteiger partial charge < -0.3 is 10.1 Å². The van der Waals surface area contributed by atoms with Gasteiger partial charge in [-0.1, -0.05) is 18.2 Å². The van der Waals surface area contributed by atoms with Gasteiger partial charge in [0.2, 0.25) is 5.91 Å².